The van der Waals surface area contributed by atoms with Gasteiger partial charge in [-0.2, -0.15) is 0 Å². The van der Waals surface area contributed by atoms with Gasteiger partial charge >= 0.3 is 5.97 Å². The lowest BCUT2D eigenvalue weighted by Crippen LogP contribution is -2.28. The molecule has 0 saturated heterocycles. The smallest absolute Gasteiger partial charge is 0.313 e. The molecule has 1 unspecified atom stereocenters. The van der Waals surface area contributed by atoms with Gasteiger partial charge in [0, 0.05) is 0 Å². The second-order valence-electron chi connectivity index (χ2n) is 6.05. The standard InChI is InChI=1S/C16H23NO3S/c1-11(17-14(18)9-21-10-15(19)20)12-5-7-13(8-6-12)16(2,3)4/h5-8,11H,9-10H2,1-4H3,(H,17,18)(H,19,20). The van der Waals surface area contributed by atoms with E-state index < -0.39 is 5.97 Å². The van der Waals surface area contributed by atoms with Crippen molar-refractivity contribution in [3.05, 3.63) is 35.4 Å². The number of hydrogen-bond donors (Lipinski definition) is 2. The van der Waals surface area contributed by atoms with Crippen LogP contribution in [0.2, 0.25) is 0 Å². The van der Waals surface area contributed by atoms with Gasteiger partial charge in [0.1, 0.15) is 0 Å². The van der Waals surface area contributed by atoms with Crippen molar-refractivity contribution in [1.29, 1.82) is 0 Å². The third-order valence-electron chi connectivity index (χ3n) is 3.11. The Bertz CT molecular complexity index is 491. The number of carboxylic acids is 1. The van der Waals surface area contributed by atoms with Crippen LogP contribution in [0.5, 0.6) is 0 Å². The van der Waals surface area contributed by atoms with E-state index in [4.69, 9.17) is 5.11 Å². The van der Waals surface area contributed by atoms with E-state index in [0.29, 0.717) is 0 Å². The number of hydrogen-bond acceptors (Lipinski definition) is 3. The summed E-state index contributed by atoms with van der Waals surface area (Å²) >= 11 is 1.10. The molecule has 1 aromatic carbocycles. The third kappa shape index (κ3) is 6.21. The topological polar surface area (TPSA) is 66.4 Å². The second kappa shape index (κ2) is 7.50. The van der Waals surface area contributed by atoms with Crippen molar-refractivity contribution in [2.75, 3.05) is 11.5 Å². The molecular weight excluding hydrogens is 286 g/mol. The summed E-state index contributed by atoms with van der Waals surface area (Å²) in [7, 11) is 0. The maximum absolute atomic E-state index is 11.7. The van der Waals surface area contributed by atoms with Gasteiger partial charge in [-0.3, -0.25) is 9.59 Å². The molecule has 4 nitrogen and oxygen atoms in total. The first-order valence-corrected chi connectivity index (χ1v) is 8.05. The highest BCUT2D eigenvalue weighted by atomic mass is 32.2. The molecule has 0 heterocycles. The molecule has 0 aliphatic rings. The lowest BCUT2D eigenvalue weighted by Gasteiger charge is -2.20. The summed E-state index contributed by atoms with van der Waals surface area (Å²) in [5.74, 6) is -0.939. The van der Waals surface area contributed by atoms with E-state index in [0.717, 1.165) is 17.3 Å². The SMILES string of the molecule is CC(NC(=O)CSCC(=O)O)c1ccc(C(C)(C)C)cc1. The number of rotatable bonds is 6. The first kappa shape index (κ1) is 17.6. The fourth-order valence-corrected chi connectivity index (χ4v) is 2.41. The van der Waals surface area contributed by atoms with Crippen LogP contribution in [-0.4, -0.2) is 28.5 Å². The van der Waals surface area contributed by atoms with Crippen LogP contribution >= 0.6 is 11.8 Å². The molecule has 0 radical (unpaired) electrons. The highest BCUT2D eigenvalue weighted by molar-refractivity contribution is 8.00. The first-order valence-electron chi connectivity index (χ1n) is 6.89. The van der Waals surface area contributed by atoms with E-state index in [9.17, 15) is 9.59 Å². The number of thioether (sulfide) groups is 1. The van der Waals surface area contributed by atoms with Crippen LogP contribution in [0.3, 0.4) is 0 Å². The average molecular weight is 309 g/mol. The predicted molar refractivity (Wildman–Crippen MR) is 86.7 cm³/mol. The van der Waals surface area contributed by atoms with Crippen LogP contribution in [0.15, 0.2) is 24.3 Å². The Morgan fingerprint density at radius 1 is 1.19 bits per heavy atom. The zero-order chi connectivity index (χ0) is 16.0. The number of carboxylic acid groups (broad SMARTS) is 1. The maximum atomic E-state index is 11.7. The Labute approximate surface area is 130 Å². The van der Waals surface area contributed by atoms with Gasteiger partial charge in [-0.05, 0) is 23.5 Å². The number of nitrogens with one attached hydrogen (secondary N) is 1. The number of aliphatic carboxylic acids is 1. The average Bonchev–Trinajstić information content (AvgIpc) is 2.37. The van der Waals surface area contributed by atoms with Gasteiger partial charge in [0.2, 0.25) is 5.91 Å². The number of benzene rings is 1. The molecule has 0 aliphatic heterocycles. The van der Waals surface area contributed by atoms with E-state index >= 15 is 0 Å². The summed E-state index contributed by atoms with van der Waals surface area (Å²) in [4.78, 5) is 22.1. The van der Waals surface area contributed by atoms with Gasteiger partial charge < -0.3 is 10.4 Å². The second-order valence-corrected chi connectivity index (χ2v) is 7.03. The molecule has 0 saturated carbocycles. The third-order valence-corrected chi connectivity index (χ3v) is 4.03. The molecule has 1 amide bonds. The molecule has 0 spiro atoms. The molecule has 0 bridgehead atoms. The normalized spacial score (nSPS) is 12.8. The van der Waals surface area contributed by atoms with Gasteiger partial charge in [-0.1, -0.05) is 45.0 Å². The zero-order valence-corrected chi connectivity index (χ0v) is 13.8. The Hall–Kier alpha value is -1.49. The van der Waals surface area contributed by atoms with Gasteiger partial charge in [0.25, 0.3) is 0 Å². The lowest BCUT2D eigenvalue weighted by atomic mass is 9.86. The fourth-order valence-electron chi connectivity index (χ4n) is 1.87. The molecule has 0 aliphatic carbocycles. The van der Waals surface area contributed by atoms with Crippen molar-refractivity contribution in [1.82, 2.24) is 5.32 Å². The highest BCUT2D eigenvalue weighted by Crippen LogP contribution is 2.23. The highest BCUT2D eigenvalue weighted by Gasteiger charge is 2.15. The summed E-state index contributed by atoms with van der Waals surface area (Å²) in [5.41, 5.74) is 2.40. The Morgan fingerprint density at radius 2 is 1.76 bits per heavy atom. The Balaban J connectivity index is 2.53. The molecule has 0 aromatic heterocycles. The number of carbonyl (C=O) groups excluding carboxylic acids is 1. The van der Waals surface area contributed by atoms with Crippen LogP contribution in [0.1, 0.15) is 44.9 Å². The zero-order valence-electron chi connectivity index (χ0n) is 13.0. The molecule has 116 valence electrons. The van der Waals surface area contributed by atoms with E-state index in [2.05, 4.69) is 38.2 Å². The summed E-state index contributed by atoms with van der Waals surface area (Å²) < 4.78 is 0. The van der Waals surface area contributed by atoms with E-state index in [1.165, 1.54) is 5.56 Å². The minimum absolute atomic E-state index is 0.0535. The van der Waals surface area contributed by atoms with Gasteiger partial charge in [0.05, 0.1) is 17.5 Å². The van der Waals surface area contributed by atoms with Crippen LogP contribution in [-0.2, 0) is 15.0 Å². The lowest BCUT2D eigenvalue weighted by molar-refractivity contribution is -0.133. The fraction of sp³-hybridized carbons (Fsp3) is 0.500. The quantitative estimate of drug-likeness (QED) is 0.848. The molecule has 21 heavy (non-hydrogen) atoms. The Morgan fingerprint density at radius 3 is 2.24 bits per heavy atom. The van der Waals surface area contributed by atoms with Crippen molar-refractivity contribution >= 4 is 23.6 Å². The summed E-state index contributed by atoms with van der Waals surface area (Å²) in [6.45, 7) is 8.40. The summed E-state index contributed by atoms with van der Waals surface area (Å²) in [6, 6.07) is 8.12. The van der Waals surface area contributed by atoms with Crippen molar-refractivity contribution in [3.63, 3.8) is 0 Å². The van der Waals surface area contributed by atoms with Crippen molar-refractivity contribution in [2.45, 2.75) is 39.2 Å². The molecule has 0 fully saturated rings. The first-order chi connectivity index (χ1) is 9.70. The molecule has 1 atom stereocenters. The minimum Gasteiger partial charge on any atom is -0.481 e. The van der Waals surface area contributed by atoms with E-state index in [1.807, 2.05) is 19.1 Å². The summed E-state index contributed by atoms with van der Waals surface area (Å²) in [5, 5.41) is 11.4. The molecule has 1 rings (SSSR count). The minimum atomic E-state index is -0.904. The van der Waals surface area contributed by atoms with Crippen molar-refractivity contribution < 1.29 is 14.7 Å². The number of carbonyl (C=O) groups is 2. The van der Waals surface area contributed by atoms with Crippen LogP contribution in [0.4, 0.5) is 0 Å². The predicted octanol–water partition coefficient (Wildman–Crippen LogP) is 2.98. The Kier molecular flexibility index (Phi) is 6.27. The maximum Gasteiger partial charge on any atom is 0.313 e. The number of amides is 1. The van der Waals surface area contributed by atoms with Gasteiger partial charge in [0.15, 0.2) is 0 Å². The largest absolute Gasteiger partial charge is 0.481 e. The van der Waals surface area contributed by atoms with Crippen LogP contribution in [0.25, 0.3) is 0 Å². The molecular formula is C16H23NO3S. The van der Waals surface area contributed by atoms with Crippen LogP contribution in [0, 0.1) is 0 Å². The van der Waals surface area contributed by atoms with E-state index in [-0.39, 0.29) is 28.9 Å². The van der Waals surface area contributed by atoms with Gasteiger partial charge in [-0.25, -0.2) is 0 Å². The van der Waals surface area contributed by atoms with Crippen LogP contribution < -0.4 is 5.32 Å². The monoisotopic (exact) mass is 309 g/mol. The summed E-state index contributed by atoms with van der Waals surface area (Å²) in [6.07, 6.45) is 0. The van der Waals surface area contributed by atoms with E-state index in [1.54, 1.807) is 0 Å². The molecule has 2 N–H and O–H groups in total. The molecule has 1 aromatic rings. The van der Waals surface area contributed by atoms with Crippen molar-refractivity contribution in [2.24, 2.45) is 0 Å². The molecule has 5 heteroatoms. The van der Waals surface area contributed by atoms with Crippen molar-refractivity contribution in [3.8, 4) is 0 Å². The van der Waals surface area contributed by atoms with Gasteiger partial charge in [-0.15, -0.1) is 11.8 Å².